The van der Waals surface area contributed by atoms with Crippen molar-refractivity contribution in [1.29, 1.82) is 0 Å². The molecule has 5 rings (SSSR count). The van der Waals surface area contributed by atoms with Gasteiger partial charge in [0.05, 0.1) is 29.3 Å². The maximum atomic E-state index is 13.7. The number of hydrogen-bond acceptors (Lipinski definition) is 7. The zero-order valence-electron chi connectivity index (χ0n) is 19.7. The van der Waals surface area contributed by atoms with Crippen molar-refractivity contribution in [3.63, 3.8) is 0 Å². The Labute approximate surface area is 206 Å². The van der Waals surface area contributed by atoms with Crippen LogP contribution < -0.4 is 19.8 Å². The van der Waals surface area contributed by atoms with Gasteiger partial charge in [0.2, 0.25) is 5.76 Å². The summed E-state index contributed by atoms with van der Waals surface area (Å²) >= 11 is 1.41. The maximum absolute atomic E-state index is 13.7. The van der Waals surface area contributed by atoms with Crippen molar-refractivity contribution >= 4 is 33.3 Å². The predicted molar refractivity (Wildman–Crippen MR) is 136 cm³/mol. The molecule has 8 heteroatoms. The van der Waals surface area contributed by atoms with Gasteiger partial charge in [-0.05, 0) is 50.6 Å². The fourth-order valence-corrected chi connectivity index (χ4v) is 5.16. The van der Waals surface area contributed by atoms with Crippen molar-refractivity contribution in [2.24, 2.45) is 0 Å². The highest BCUT2D eigenvalue weighted by Crippen LogP contribution is 2.44. The molecule has 2 aromatic carbocycles. The fraction of sp³-hybridized carbons (Fsp3) is 0.222. The van der Waals surface area contributed by atoms with E-state index in [-0.39, 0.29) is 11.2 Å². The van der Waals surface area contributed by atoms with Crippen molar-refractivity contribution in [2.45, 2.75) is 26.8 Å². The Morgan fingerprint density at radius 2 is 1.94 bits per heavy atom. The molecule has 0 saturated heterocycles. The number of hydrogen-bond donors (Lipinski definition) is 0. The Morgan fingerprint density at radius 1 is 1.14 bits per heavy atom. The molecule has 4 aromatic rings. The molecule has 0 N–H and O–H groups in total. The van der Waals surface area contributed by atoms with E-state index in [4.69, 9.17) is 13.9 Å². The molecule has 1 aliphatic rings. The van der Waals surface area contributed by atoms with E-state index in [1.807, 2.05) is 32.9 Å². The number of aryl methyl sites for hydroxylation is 2. The van der Waals surface area contributed by atoms with Crippen LogP contribution in [-0.4, -0.2) is 24.1 Å². The molecule has 7 nitrogen and oxygen atoms in total. The SMILES string of the molecule is C=CCOc1ccc([C@H]2c3c(oc4ccccc4c3=O)C(=O)N2c2nc(C)c(C)s2)cc1OCC. The van der Waals surface area contributed by atoms with Crippen LogP contribution in [0.4, 0.5) is 5.13 Å². The molecule has 0 saturated carbocycles. The number of anilines is 1. The van der Waals surface area contributed by atoms with E-state index < -0.39 is 11.9 Å². The molecule has 35 heavy (non-hydrogen) atoms. The Hall–Kier alpha value is -3.91. The average Bonchev–Trinajstić information content (AvgIpc) is 3.34. The van der Waals surface area contributed by atoms with Crippen molar-refractivity contribution < 1.29 is 18.7 Å². The molecule has 1 amide bonds. The van der Waals surface area contributed by atoms with Crippen LogP contribution in [0.15, 0.2) is 64.3 Å². The van der Waals surface area contributed by atoms with Crippen LogP contribution in [0.3, 0.4) is 0 Å². The van der Waals surface area contributed by atoms with Gasteiger partial charge in [0, 0.05) is 4.88 Å². The predicted octanol–water partition coefficient (Wildman–Crippen LogP) is 5.58. The largest absolute Gasteiger partial charge is 0.490 e. The average molecular weight is 489 g/mol. The second kappa shape index (κ2) is 9.03. The third-order valence-electron chi connectivity index (χ3n) is 5.94. The highest BCUT2D eigenvalue weighted by Gasteiger charge is 2.45. The van der Waals surface area contributed by atoms with E-state index in [2.05, 4.69) is 11.6 Å². The number of carbonyl (C=O) groups excluding carboxylic acids is 1. The topological polar surface area (TPSA) is 81.9 Å². The summed E-state index contributed by atoms with van der Waals surface area (Å²) in [7, 11) is 0. The van der Waals surface area contributed by atoms with Crippen LogP contribution in [0.25, 0.3) is 11.0 Å². The van der Waals surface area contributed by atoms with Gasteiger partial charge in [-0.3, -0.25) is 14.5 Å². The van der Waals surface area contributed by atoms with E-state index in [0.29, 0.717) is 51.9 Å². The van der Waals surface area contributed by atoms with Crippen molar-refractivity contribution in [2.75, 3.05) is 18.1 Å². The summed E-state index contributed by atoms with van der Waals surface area (Å²) in [5.41, 5.74) is 1.96. The lowest BCUT2D eigenvalue weighted by atomic mass is 9.98. The number of carbonyl (C=O) groups is 1. The monoisotopic (exact) mass is 488 g/mol. The number of benzene rings is 2. The van der Waals surface area contributed by atoms with Crippen LogP contribution in [0, 0.1) is 13.8 Å². The first kappa shape index (κ1) is 22.9. The first-order valence-corrected chi connectivity index (χ1v) is 12.1. The Kier molecular flexibility index (Phi) is 5.90. The first-order chi connectivity index (χ1) is 16.9. The molecule has 0 fully saturated rings. The molecule has 3 heterocycles. The number of ether oxygens (including phenoxy) is 2. The summed E-state index contributed by atoms with van der Waals surface area (Å²) in [5.74, 6) is 0.711. The molecule has 178 valence electrons. The number of amides is 1. The summed E-state index contributed by atoms with van der Waals surface area (Å²) in [4.78, 5) is 34.6. The lowest BCUT2D eigenvalue weighted by molar-refractivity contribution is 0.0971. The van der Waals surface area contributed by atoms with Gasteiger partial charge in [0.15, 0.2) is 22.1 Å². The van der Waals surface area contributed by atoms with Gasteiger partial charge in [-0.1, -0.05) is 30.9 Å². The summed E-state index contributed by atoms with van der Waals surface area (Å²) in [6.07, 6.45) is 1.65. The summed E-state index contributed by atoms with van der Waals surface area (Å²) in [6.45, 7) is 10.2. The summed E-state index contributed by atoms with van der Waals surface area (Å²) in [5, 5.41) is 0.933. The van der Waals surface area contributed by atoms with E-state index in [1.54, 1.807) is 41.3 Å². The number of para-hydroxylation sites is 1. The fourth-order valence-electron chi connectivity index (χ4n) is 4.22. The lowest BCUT2D eigenvalue weighted by Gasteiger charge is -2.23. The third-order valence-corrected chi connectivity index (χ3v) is 7.01. The van der Waals surface area contributed by atoms with E-state index in [1.165, 1.54) is 11.3 Å². The minimum Gasteiger partial charge on any atom is -0.490 e. The minimum absolute atomic E-state index is 0.0362. The number of rotatable bonds is 7. The zero-order chi connectivity index (χ0) is 24.7. The van der Waals surface area contributed by atoms with Gasteiger partial charge in [-0.15, -0.1) is 11.3 Å². The zero-order valence-corrected chi connectivity index (χ0v) is 20.5. The van der Waals surface area contributed by atoms with Crippen molar-refractivity contribution in [3.05, 3.63) is 92.8 Å². The highest BCUT2D eigenvalue weighted by atomic mass is 32.1. The van der Waals surface area contributed by atoms with E-state index in [9.17, 15) is 9.59 Å². The highest BCUT2D eigenvalue weighted by molar-refractivity contribution is 7.15. The Morgan fingerprint density at radius 3 is 2.66 bits per heavy atom. The standard InChI is InChI=1S/C27H24N2O5S/c1-5-13-33-20-12-11-17(14-21(20)32-6-2)23-22-24(30)18-9-7-8-10-19(18)34-25(22)26(31)29(23)27-28-15(3)16(4)35-27/h5,7-12,14,23H,1,6,13H2,2-4H3/t23-/m0/s1. The molecule has 1 atom stereocenters. The van der Waals surface area contributed by atoms with Crippen LogP contribution in [0.2, 0.25) is 0 Å². The summed E-state index contributed by atoms with van der Waals surface area (Å²) in [6, 6.07) is 11.7. The van der Waals surface area contributed by atoms with Crippen LogP contribution in [0.5, 0.6) is 11.5 Å². The maximum Gasteiger partial charge on any atom is 0.297 e. The molecular formula is C27H24N2O5S. The van der Waals surface area contributed by atoms with E-state index in [0.717, 1.165) is 10.6 Å². The van der Waals surface area contributed by atoms with Gasteiger partial charge in [0.25, 0.3) is 5.91 Å². The normalized spacial score (nSPS) is 14.9. The second-order valence-corrected chi connectivity index (χ2v) is 9.31. The molecule has 2 aromatic heterocycles. The number of thiazole rings is 1. The van der Waals surface area contributed by atoms with Crippen LogP contribution in [0.1, 0.15) is 45.2 Å². The minimum atomic E-state index is -0.726. The molecule has 0 radical (unpaired) electrons. The van der Waals surface area contributed by atoms with Gasteiger partial charge < -0.3 is 13.9 Å². The smallest absolute Gasteiger partial charge is 0.297 e. The van der Waals surface area contributed by atoms with Crippen LogP contribution >= 0.6 is 11.3 Å². The molecule has 0 unspecified atom stereocenters. The lowest BCUT2D eigenvalue weighted by Crippen LogP contribution is -2.29. The quantitative estimate of drug-likeness (QED) is 0.316. The first-order valence-electron chi connectivity index (χ1n) is 11.3. The number of fused-ring (bicyclic) bond motifs is 2. The number of nitrogens with zero attached hydrogens (tertiary/aromatic N) is 2. The van der Waals surface area contributed by atoms with Crippen LogP contribution in [-0.2, 0) is 0 Å². The number of aromatic nitrogens is 1. The molecule has 1 aliphatic heterocycles. The van der Waals surface area contributed by atoms with Crippen molar-refractivity contribution in [3.8, 4) is 11.5 Å². The summed E-state index contributed by atoms with van der Waals surface area (Å²) < 4.78 is 17.6. The molecule has 0 bridgehead atoms. The Balaban J connectivity index is 1.75. The molecular weight excluding hydrogens is 464 g/mol. The van der Waals surface area contributed by atoms with E-state index >= 15 is 0 Å². The van der Waals surface area contributed by atoms with Crippen molar-refractivity contribution in [1.82, 2.24) is 4.98 Å². The molecule has 0 aliphatic carbocycles. The van der Waals surface area contributed by atoms with Gasteiger partial charge in [0.1, 0.15) is 12.2 Å². The second-order valence-electron chi connectivity index (χ2n) is 8.12. The third kappa shape index (κ3) is 3.80. The van der Waals surface area contributed by atoms with Gasteiger partial charge in [-0.2, -0.15) is 0 Å². The Bertz CT molecular complexity index is 1500. The van der Waals surface area contributed by atoms with Gasteiger partial charge in [-0.25, -0.2) is 4.98 Å². The van der Waals surface area contributed by atoms with Gasteiger partial charge >= 0.3 is 0 Å². The molecule has 0 spiro atoms.